The van der Waals surface area contributed by atoms with Crippen LogP contribution < -0.4 is 15.8 Å². The Labute approximate surface area is 216 Å². The number of ether oxygens (including phenoxy) is 1. The second-order valence-corrected chi connectivity index (χ2v) is 10.8. The quantitative estimate of drug-likeness (QED) is 0.253. The van der Waals surface area contributed by atoms with Crippen LogP contribution in [-0.2, 0) is 21.3 Å². The number of carbonyl (C=O) groups is 1. The molecule has 4 rings (SSSR count). The number of aliphatic hydroxyl groups is 1. The fourth-order valence-corrected chi connectivity index (χ4v) is 5.53. The van der Waals surface area contributed by atoms with Crippen molar-refractivity contribution < 1.29 is 32.3 Å². The minimum atomic E-state index is -4.17. The zero-order valence-electron chi connectivity index (χ0n) is 20.2. The summed E-state index contributed by atoms with van der Waals surface area (Å²) in [4.78, 5) is 18.4. The van der Waals surface area contributed by atoms with Gasteiger partial charge in [-0.2, -0.15) is 0 Å². The Balaban J connectivity index is 1.56. The van der Waals surface area contributed by atoms with Gasteiger partial charge >= 0.3 is 6.09 Å². The Bertz CT molecular complexity index is 1250. The molecule has 1 fully saturated rings. The van der Waals surface area contributed by atoms with Crippen molar-refractivity contribution in [3.8, 4) is 5.75 Å². The zero-order valence-corrected chi connectivity index (χ0v) is 21.0. The summed E-state index contributed by atoms with van der Waals surface area (Å²) in [5.74, 6) is 0.195. The van der Waals surface area contributed by atoms with Crippen molar-refractivity contribution in [2.75, 3.05) is 12.3 Å². The van der Waals surface area contributed by atoms with E-state index in [-0.39, 0.29) is 28.9 Å². The van der Waals surface area contributed by atoms with Crippen LogP contribution in [-0.4, -0.2) is 48.9 Å². The maximum absolute atomic E-state index is 13.5. The molecule has 1 aromatic heterocycles. The molecule has 2 aromatic carbocycles. The highest BCUT2D eigenvalue weighted by atomic mass is 32.2. The first kappa shape index (κ1) is 26.7. The number of nitrogens with one attached hydrogen (secondary N) is 1. The van der Waals surface area contributed by atoms with Gasteiger partial charge in [0.15, 0.2) is 5.75 Å². The van der Waals surface area contributed by atoms with E-state index in [4.69, 9.17) is 19.7 Å². The van der Waals surface area contributed by atoms with Crippen LogP contribution in [0.15, 0.2) is 82.5 Å². The number of rotatable bonds is 11. The lowest BCUT2D eigenvalue weighted by molar-refractivity contribution is -0.145. The number of benzene rings is 2. The lowest BCUT2D eigenvalue weighted by Gasteiger charge is -2.30. The molecule has 11 heteroatoms. The number of nitrogens with two attached hydrogens (primary N) is 1. The first-order chi connectivity index (χ1) is 17.8. The van der Waals surface area contributed by atoms with E-state index in [1.807, 2.05) is 30.3 Å². The maximum atomic E-state index is 13.5. The minimum Gasteiger partial charge on any atom is -0.469 e. The van der Waals surface area contributed by atoms with Crippen LogP contribution in [0.4, 0.5) is 10.5 Å². The Morgan fingerprint density at radius 2 is 1.89 bits per heavy atom. The molecule has 0 bridgehead atoms. The molecule has 0 aliphatic heterocycles. The van der Waals surface area contributed by atoms with Crippen LogP contribution in [0.1, 0.15) is 31.2 Å². The summed E-state index contributed by atoms with van der Waals surface area (Å²) in [6.45, 7) is -0.420. The van der Waals surface area contributed by atoms with Gasteiger partial charge < -0.3 is 25.3 Å². The second-order valence-electron chi connectivity index (χ2n) is 8.93. The van der Waals surface area contributed by atoms with Crippen molar-refractivity contribution in [2.45, 2.75) is 55.2 Å². The van der Waals surface area contributed by atoms with Crippen LogP contribution in [0.5, 0.6) is 5.75 Å². The monoisotopic (exact) mass is 529 g/mol. The Kier molecular flexibility index (Phi) is 8.82. The lowest BCUT2D eigenvalue weighted by atomic mass is 10.0. The van der Waals surface area contributed by atoms with Gasteiger partial charge in [-0.3, -0.25) is 4.84 Å². The number of sulfonamides is 1. The van der Waals surface area contributed by atoms with Crippen LogP contribution in [0.3, 0.4) is 0 Å². The highest BCUT2D eigenvalue weighted by molar-refractivity contribution is 7.89. The molecule has 0 spiro atoms. The van der Waals surface area contributed by atoms with Gasteiger partial charge in [0.2, 0.25) is 0 Å². The molecule has 4 N–H and O–H groups in total. The number of amides is 1. The van der Waals surface area contributed by atoms with Gasteiger partial charge in [0.1, 0.15) is 6.26 Å². The standard InChI is InChI=1S/C26H31N3O7S/c27-20-9-6-12-23(16-20)37(32,33)29(36-21-10-4-5-11-21)17-25(30)24(15-19-7-2-1-3-8-19)28-26(31)35-22-13-14-34-18-22/h1-3,6-9,12-14,16,18,21,24-25,30H,4-5,10-11,15,17,27H2,(H,28,31)/t24-,25-/m0/s1. The first-order valence-corrected chi connectivity index (χ1v) is 13.5. The minimum absolute atomic E-state index is 0.0513. The molecule has 1 heterocycles. The van der Waals surface area contributed by atoms with Gasteiger partial charge in [-0.05, 0) is 43.0 Å². The number of hydroxylamine groups is 1. The van der Waals surface area contributed by atoms with Crippen molar-refractivity contribution in [1.82, 2.24) is 9.79 Å². The third-order valence-corrected chi connectivity index (χ3v) is 7.72. The molecule has 10 nitrogen and oxygen atoms in total. The number of furan rings is 1. The molecule has 0 unspecified atom stereocenters. The lowest BCUT2D eigenvalue weighted by Crippen LogP contribution is -2.51. The van der Waals surface area contributed by atoms with Crippen LogP contribution in [0, 0.1) is 0 Å². The van der Waals surface area contributed by atoms with Crippen molar-refractivity contribution >= 4 is 21.8 Å². The molecule has 1 saturated carbocycles. The average Bonchev–Trinajstić information content (AvgIpc) is 3.58. The summed E-state index contributed by atoms with van der Waals surface area (Å²) < 4.78 is 38.0. The fourth-order valence-electron chi connectivity index (χ4n) is 4.18. The van der Waals surface area contributed by atoms with Crippen molar-refractivity contribution in [3.05, 3.63) is 78.8 Å². The Morgan fingerprint density at radius 3 is 2.57 bits per heavy atom. The first-order valence-electron chi connectivity index (χ1n) is 12.1. The number of nitrogen functional groups attached to an aromatic ring is 1. The number of hydrogen-bond acceptors (Lipinski definition) is 8. The number of carbonyl (C=O) groups excluding carboxylic acids is 1. The number of aliphatic hydroxyl groups excluding tert-OH is 1. The zero-order chi connectivity index (χ0) is 26.3. The molecule has 0 radical (unpaired) electrons. The second kappa shape index (κ2) is 12.2. The van der Waals surface area contributed by atoms with E-state index >= 15 is 0 Å². The van der Waals surface area contributed by atoms with E-state index in [2.05, 4.69) is 5.32 Å². The van der Waals surface area contributed by atoms with Gasteiger partial charge in [-0.1, -0.05) is 53.7 Å². The SMILES string of the molecule is Nc1cccc(S(=O)(=O)N(C[C@H](O)[C@H](Cc2ccccc2)NC(=O)Oc2ccoc2)OC2CCCC2)c1. The third kappa shape index (κ3) is 7.32. The molecule has 1 aliphatic rings. The summed E-state index contributed by atoms with van der Waals surface area (Å²) in [5.41, 5.74) is 6.94. The molecule has 198 valence electrons. The molecule has 1 aliphatic carbocycles. The van der Waals surface area contributed by atoms with Crippen LogP contribution >= 0.6 is 0 Å². The number of nitrogens with zero attached hydrogens (tertiary/aromatic N) is 1. The van der Waals surface area contributed by atoms with E-state index in [0.29, 0.717) is 12.8 Å². The predicted molar refractivity (Wildman–Crippen MR) is 136 cm³/mol. The van der Waals surface area contributed by atoms with Gasteiger partial charge in [-0.25, -0.2) is 13.2 Å². The molecule has 2 atom stereocenters. The Morgan fingerprint density at radius 1 is 1.14 bits per heavy atom. The predicted octanol–water partition coefficient (Wildman–Crippen LogP) is 3.49. The van der Waals surface area contributed by atoms with Gasteiger partial charge in [-0.15, -0.1) is 0 Å². The molecular weight excluding hydrogens is 498 g/mol. The van der Waals surface area contributed by atoms with E-state index in [9.17, 15) is 18.3 Å². The van der Waals surface area contributed by atoms with Crippen molar-refractivity contribution in [3.63, 3.8) is 0 Å². The van der Waals surface area contributed by atoms with Gasteiger partial charge in [0.05, 0.1) is 36.0 Å². The molecule has 1 amide bonds. The fraction of sp³-hybridized carbons (Fsp3) is 0.346. The molecule has 37 heavy (non-hydrogen) atoms. The van der Waals surface area contributed by atoms with Crippen LogP contribution in [0.2, 0.25) is 0 Å². The van der Waals surface area contributed by atoms with E-state index < -0.39 is 34.8 Å². The molecule has 3 aromatic rings. The smallest absolute Gasteiger partial charge is 0.413 e. The number of anilines is 1. The summed E-state index contributed by atoms with van der Waals surface area (Å²) in [5, 5.41) is 13.9. The van der Waals surface area contributed by atoms with Gasteiger partial charge in [0, 0.05) is 11.8 Å². The maximum Gasteiger partial charge on any atom is 0.413 e. The molecular formula is C26H31N3O7S. The van der Waals surface area contributed by atoms with Gasteiger partial charge in [0.25, 0.3) is 10.0 Å². The van der Waals surface area contributed by atoms with E-state index in [0.717, 1.165) is 22.9 Å². The topological polar surface area (TPSA) is 144 Å². The third-order valence-electron chi connectivity index (χ3n) is 6.10. The summed E-state index contributed by atoms with van der Waals surface area (Å²) in [6.07, 6.45) is 3.67. The highest BCUT2D eigenvalue weighted by Crippen LogP contribution is 2.26. The van der Waals surface area contributed by atoms with E-state index in [1.165, 1.54) is 36.8 Å². The summed E-state index contributed by atoms with van der Waals surface area (Å²) in [7, 11) is -4.17. The summed E-state index contributed by atoms with van der Waals surface area (Å²) in [6, 6.07) is 15.7. The van der Waals surface area contributed by atoms with Crippen molar-refractivity contribution in [2.24, 2.45) is 0 Å². The van der Waals surface area contributed by atoms with E-state index in [1.54, 1.807) is 6.07 Å². The normalized spacial score (nSPS) is 15.9. The average molecular weight is 530 g/mol. The molecule has 0 saturated heterocycles. The summed E-state index contributed by atoms with van der Waals surface area (Å²) >= 11 is 0. The van der Waals surface area contributed by atoms with Crippen molar-refractivity contribution in [1.29, 1.82) is 0 Å². The van der Waals surface area contributed by atoms with Crippen LogP contribution in [0.25, 0.3) is 0 Å². The highest BCUT2D eigenvalue weighted by Gasteiger charge is 2.34. The number of hydrogen-bond donors (Lipinski definition) is 3. The Hall–Kier alpha value is -3.38. The largest absolute Gasteiger partial charge is 0.469 e.